The summed E-state index contributed by atoms with van der Waals surface area (Å²) in [5.74, 6) is 1.07. The number of aromatic hydroxyl groups is 1. The van der Waals surface area contributed by atoms with Crippen LogP contribution >= 0.6 is 0 Å². The van der Waals surface area contributed by atoms with Gasteiger partial charge in [-0.1, -0.05) is 19.1 Å². The molecule has 0 radical (unpaired) electrons. The molecule has 0 bridgehead atoms. The predicted molar refractivity (Wildman–Crippen MR) is 88.6 cm³/mol. The summed E-state index contributed by atoms with van der Waals surface area (Å²) in [6.07, 6.45) is 3.88. The SMILES string of the molecule is CCCN1CCCC(C(C)NC(C)c2cccc(O)c2)C1. The molecule has 2 N–H and O–H groups in total. The normalized spacial score (nSPS) is 22.9. The van der Waals surface area contributed by atoms with Gasteiger partial charge in [-0.05, 0) is 69.8 Å². The minimum Gasteiger partial charge on any atom is -0.508 e. The molecule has 118 valence electrons. The molecule has 1 saturated heterocycles. The minimum absolute atomic E-state index is 0.272. The number of rotatable bonds is 6. The fraction of sp³-hybridized carbons (Fsp3) is 0.667. The Labute approximate surface area is 129 Å². The molecule has 3 heteroatoms. The van der Waals surface area contributed by atoms with Gasteiger partial charge in [-0.15, -0.1) is 0 Å². The number of nitrogens with zero attached hydrogens (tertiary/aromatic N) is 1. The zero-order chi connectivity index (χ0) is 15.2. The molecule has 1 aliphatic heterocycles. The van der Waals surface area contributed by atoms with E-state index in [9.17, 15) is 5.11 Å². The molecule has 0 aromatic heterocycles. The Balaban J connectivity index is 1.89. The Morgan fingerprint density at radius 1 is 1.38 bits per heavy atom. The Bertz CT molecular complexity index is 433. The van der Waals surface area contributed by atoms with Crippen molar-refractivity contribution in [3.8, 4) is 5.75 Å². The quantitative estimate of drug-likeness (QED) is 0.841. The van der Waals surface area contributed by atoms with Gasteiger partial charge in [-0.3, -0.25) is 0 Å². The lowest BCUT2D eigenvalue weighted by Gasteiger charge is -2.37. The van der Waals surface area contributed by atoms with Gasteiger partial charge in [0.15, 0.2) is 0 Å². The van der Waals surface area contributed by atoms with Crippen LogP contribution in [-0.4, -0.2) is 35.7 Å². The predicted octanol–water partition coefficient (Wildman–Crippen LogP) is 3.55. The average molecular weight is 290 g/mol. The van der Waals surface area contributed by atoms with Crippen LogP contribution < -0.4 is 5.32 Å². The van der Waals surface area contributed by atoms with E-state index in [0.717, 1.165) is 11.5 Å². The number of benzene rings is 1. The van der Waals surface area contributed by atoms with Crippen molar-refractivity contribution in [2.24, 2.45) is 5.92 Å². The maximum absolute atomic E-state index is 9.60. The van der Waals surface area contributed by atoms with Crippen molar-refractivity contribution in [2.45, 2.75) is 52.1 Å². The molecule has 0 spiro atoms. The molecule has 3 unspecified atom stereocenters. The van der Waals surface area contributed by atoms with Crippen molar-refractivity contribution < 1.29 is 5.11 Å². The second-order valence-corrected chi connectivity index (χ2v) is 6.47. The number of phenols is 1. The zero-order valence-electron chi connectivity index (χ0n) is 13.7. The molecule has 2 rings (SSSR count). The number of hydrogen-bond acceptors (Lipinski definition) is 3. The first kappa shape index (κ1) is 16.3. The van der Waals surface area contributed by atoms with Gasteiger partial charge in [-0.25, -0.2) is 0 Å². The Hall–Kier alpha value is -1.06. The summed E-state index contributed by atoms with van der Waals surface area (Å²) >= 11 is 0. The van der Waals surface area contributed by atoms with Gasteiger partial charge in [0.25, 0.3) is 0 Å². The highest BCUT2D eigenvalue weighted by Gasteiger charge is 2.25. The largest absolute Gasteiger partial charge is 0.508 e. The molecular formula is C18H30N2O. The van der Waals surface area contributed by atoms with Crippen molar-refractivity contribution >= 4 is 0 Å². The van der Waals surface area contributed by atoms with Crippen LogP contribution in [0.2, 0.25) is 0 Å². The highest BCUT2D eigenvalue weighted by atomic mass is 16.3. The van der Waals surface area contributed by atoms with Crippen LogP contribution in [0.5, 0.6) is 5.75 Å². The van der Waals surface area contributed by atoms with Crippen LogP contribution in [0, 0.1) is 5.92 Å². The van der Waals surface area contributed by atoms with E-state index in [1.165, 1.54) is 38.9 Å². The molecule has 1 aliphatic rings. The van der Waals surface area contributed by atoms with E-state index in [0.29, 0.717) is 11.8 Å². The van der Waals surface area contributed by atoms with Crippen LogP contribution in [0.15, 0.2) is 24.3 Å². The van der Waals surface area contributed by atoms with Gasteiger partial charge in [0, 0.05) is 18.6 Å². The van der Waals surface area contributed by atoms with Crippen LogP contribution in [0.25, 0.3) is 0 Å². The third-order valence-electron chi connectivity index (χ3n) is 4.67. The third kappa shape index (κ3) is 4.72. The monoisotopic (exact) mass is 290 g/mol. The zero-order valence-corrected chi connectivity index (χ0v) is 13.7. The molecule has 21 heavy (non-hydrogen) atoms. The molecule has 1 aromatic rings. The number of likely N-dealkylation sites (tertiary alicyclic amines) is 1. The number of piperidine rings is 1. The summed E-state index contributed by atoms with van der Waals surface area (Å²) in [4.78, 5) is 2.60. The lowest BCUT2D eigenvalue weighted by molar-refractivity contribution is 0.147. The molecule has 1 heterocycles. The van der Waals surface area contributed by atoms with Crippen molar-refractivity contribution in [3.05, 3.63) is 29.8 Å². The molecule has 1 aromatic carbocycles. The Kier molecular flexibility index (Phi) is 6.07. The molecule has 0 amide bonds. The number of hydrogen-bond donors (Lipinski definition) is 2. The van der Waals surface area contributed by atoms with Crippen molar-refractivity contribution in [3.63, 3.8) is 0 Å². The standard InChI is InChI=1S/C18H30N2O/c1-4-10-20-11-6-8-17(13-20)15(3)19-14(2)16-7-5-9-18(21)12-16/h5,7,9,12,14-15,17,19,21H,4,6,8,10-11,13H2,1-3H3. The van der Waals surface area contributed by atoms with Gasteiger partial charge in [0.05, 0.1) is 0 Å². The van der Waals surface area contributed by atoms with Gasteiger partial charge in [0.1, 0.15) is 5.75 Å². The fourth-order valence-electron chi connectivity index (χ4n) is 3.44. The maximum Gasteiger partial charge on any atom is 0.115 e. The van der Waals surface area contributed by atoms with E-state index in [1.54, 1.807) is 6.07 Å². The lowest BCUT2D eigenvalue weighted by Crippen LogP contribution is -2.45. The Morgan fingerprint density at radius 2 is 2.19 bits per heavy atom. The van der Waals surface area contributed by atoms with E-state index in [1.807, 2.05) is 12.1 Å². The molecule has 1 fully saturated rings. The highest BCUT2D eigenvalue weighted by Crippen LogP contribution is 2.23. The van der Waals surface area contributed by atoms with Crippen molar-refractivity contribution in [1.29, 1.82) is 0 Å². The van der Waals surface area contributed by atoms with Crippen LogP contribution in [0.4, 0.5) is 0 Å². The number of phenolic OH excluding ortho intramolecular Hbond substituents is 1. The average Bonchev–Trinajstić information content (AvgIpc) is 2.48. The number of nitrogens with one attached hydrogen (secondary N) is 1. The second kappa shape index (κ2) is 7.81. The second-order valence-electron chi connectivity index (χ2n) is 6.47. The van der Waals surface area contributed by atoms with Gasteiger partial charge in [0.2, 0.25) is 0 Å². The topological polar surface area (TPSA) is 35.5 Å². The molecule has 3 atom stereocenters. The van der Waals surface area contributed by atoms with E-state index < -0.39 is 0 Å². The Morgan fingerprint density at radius 3 is 2.90 bits per heavy atom. The lowest BCUT2D eigenvalue weighted by atomic mass is 9.90. The third-order valence-corrected chi connectivity index (χ3v) is 4.67. The summed E-state index contributed by atoms with van der Waals surface area (Å²) in [6, 6.07) is 8.35. The van der Waals surface area contributed by atoms with Gasteiger partial charge >= 0.3 is 0 Å². The maximum atomic E-state index is 9.60. The molecular weight excluding hydrogens is 260 g/mol. The summed E-state index contributed by atoms with van der Waals surface area (Å²) < 4.78 is 0. The molecule has 3 nitrogen and oxygen atoms in total. The smallest absolute Gasteiger partial charge is 0.115 e. The first-order valence-corrected chi connectivity index (χ1v) is 8.37. The van der Waals surface area contributed by atoms with Gasteiger partial charge in [-0.2, -0.15) is 0 Å². The van der Waals surface area contributed by atoms with Crippen LogP contribution in [0.3, 0.4) is 0 Å². The summed E-state index contributed by atoms with van der Waals surface area (Å²) in [5.41, 5.74) is 1.16. The van der Waals surface area contributed by atoms with Crippen LogP contribution in [-0.2, 0) is 0 Å². The summed E-state index contributed by atoms with van der Waals surface area (Å²) in [7, 11) is 0. The fourth-order valence-corrected chi connectivity index (χ4v) is 3.44. The summed E-state index contributed by atoms with van der Waals surface area (Å²) in [5, 5.41) is 13.3. The van der Waals surface area contributed by atoms with Crippen molar-refractivity contribution in [1.82, 2.24) is 10.2 Å². The summed E-state index contributed by atoms with van der Waals surface area (Å²) in [6.45, 7) is 10.5. The van der Waals surface area contributed by atoms with E-state index in [2.05, 4.69) is 37.1 Å². The van der Waals surface area contributed by atoms with Gasteiger partial charge < -0.3 is 15.3 Å². The van der Waals surface area contributed by atoms with Crippen molar-refractivity contribution in [2.75, 3.05) is 19.6 Å². The highest BCUT2D eigenvalue weighted by molar-refractivity contribution is 5.29. The van der Waals surface area contributed by atoms with E-state index in [-0.39, 0.29) is 6.04 Å². The van der Waals surface area contributed by atoms with E-state index in [4.69, 9.17) is 0 Å². The minimum atomic E-state index is 0.272. The first-order chi connectivity index (χ1) is 10.1. The van der Waals surface area contributed by atoms with E-state index >= 15 is 0 Å². The molecule has 0 aliphatic carbocycles. The first-order valence-electron chi connectivity index (χ1n) is 8.37. The molecule has 0 saturated carbocycles. The van der Waals surface area contributed by atoms with Crippen LogP contribution in [0.1, 0.15) is 51.6 Å².